The second-order valence-electron chi connectivity index (χ2n) is 4.00. The minimum absolute atomic E-state index is 0.667. The van der Waals surface area contributed by atoms with Crippen LogP contribution in [0.3, 0.4) is 0 Å². The maximum atomic E-state index is 5.45. The Balaban J connectivity index is 2.43. The van der Waals surface area contributed by atoms with Gasteiger partial charge in [-0.3, -0.25) is 4.57 Å². The Bertz CT molecular complexity index is 815. The molecule has 6 heteroatoms. The zero-order valence-electron chi connectivity index (χ0n) is 9.45. The molecule has 3 rings (SSSR count). The molecule has 1 N–H and O–H groups in total. The van der Waals surface area contributed by atoms with Crippen LogP contribution in [-0.2, 0) is 0 Å². The van der Waals surface area contributed by atoms with Gasteiger partial charge >= 0.3 is 0 Å². The Kier molecular flexibility index (Phi) is 3.68. The fourth-order valence-electron chi connectivity index (χ4n) is 2.01. The summed E-state index contributed by atoms with van der Waals surface area (Å²) in [6, 6.07) is 12.0. The van der Waals surface area contributed by atoms with Gasteiger partial charge in [0.1, 0.15) is 0 Å². The van der Waals surface area contributed by atoms with E-state index in [1.807, 2.05) is 41.0 Å². The molecule has 0 aliphatic carbocycles. The molecule has 0 spiro atoms. The summed E-state index contributed by atoms with van der Waals surface area (Å²) in [5.74, 6) is 0. The largest absolute Gasteiger partial charge is 0.330 e. The molecule has 96 valence electrons. The predicted molar refractivity (Wildman–Crippen MR) is 91.6 cm³/mol. The molecule has 19 heavy (non-hydrogen) atoms. The maximum absolute atomic E-state index is 5.45. The van der Waals surface area contributed by atoms with E-state index in [2.05, 4.69) is 52.8 Å². The SMILES string of the molecule is S=c1[nH]c2cc(Br)ccc2n1-c1c(Br)cccc1Br. The number of fused-ring (bicyclic) bond motifs is 1. The van der Waals surface area contributed by atoms with Gasteiger partial charge in [0.25, 0.3) is 0 Å². The highest BCUT2D eigenvalue weighted by atomic mass is 79.9. The third-order valence-corrected chi connectivity index (χ3v) is 4.86. The van der Waals surface area contributed by atoms with E-state index >= 15 is 0 Å². The van der Waals surface area contributed by atoms with Crippen molar-refractivity contribution in [1.29, 1.82) is 0 Å². The first-order valence-electron chi connectivity index (χ1n) is 5.42. The van der Waals surface area contributed by atoms with Crippen molar-refractivity contribution in [2.24, 2.45) is 0 Å². The molecule has 0 saturated carbocycles. The zero-order valence-corrected chi connectivity index (χ0v) is 15.0. The van der Waals surface area contributed by atoms with Gasteiger partial charge in [0.2, 0.25) is 0 Å². The van der Waals surface area contributed by atoms with Crippen molar-refractivity contribution in [2.45, 2.75) is 0 Å². The van der Waals surface area contributed by atoms with Gasteiger partial charge in [0.15, 0.2) is 4.77 Å². The molecule has 2 nitrogen and oxygen atoms in total. The van der Waals surface area contributed by atoms with E-state index in [-0.39, 0.29) is 0 Å². The molecule has 0 radical (unpaired) electrons. The predicted octanol–water partition coefficient (Wildman–Crippen LogP) is 5.98. The Morgan fingerprint density at radius 1 is 1.00 bits per heavy atom. The smallest absolute Gasteiger partial charge is 0.182 e. The number of imidazole rings is 1. The number of halogens is 3. The molecule has 0 atom stereocenters. The number of nitrogens with zero attached hydrogens (tertiary/aromatic N) is 1. The molecule has 0 bridgehead atoms. The Labute approximate surface area is 140 Å². The quantitative estimate of drug-likeness (QED) is 0.441. The molecular weight excluding hydrogens is 456 g/mol. The van der Waals surface area contributed by atoms with E-state index in [0.29, 0.717) is 4.77 Å². The van der Waals surface area contributed by atoms with Crippen molar-refractivity contribution in [3.05, 3.63) is 54.6 Å². The lowest BCUT2D eigenvalue weighted by atomic mass is 10.3. The first-order chi connectivity index (χ1) is 9.08. The van der Waals surface area contributed by atoms with Gasteiger partial charge in [0, 0.05) is 13.4 Å². The van der Waals surface area contributed by atoms with Crippen molar-refractivity contribution in [1.82, 2.24) is 9.55 Å². The highest BCUT2D eigenvalue weighted by molar-refractivity contribution is 9.11. The van der Waals surface area contributed by atoms with E-state index in [4.69, 9.17) is 12.2 Å². The van der Waals surface area contributed by atoms with Gasteiger partial charge in [-0.05, 0) is 74.4 Å². The first kappa shape index (κ1) is 13.5. The Morgan fingerprint density at radius 2 is 1.68 bits per heavy atom. The third-order valence-electron chi connectivity index (χ3n) is 2.81. The van der Waals surface area contributed by atoms with Gasteiger partial charge in [-0.2, -0.15) is 0 Å². The summed E-state index contributed by atoms with van der Waals surface area (Å²) >= 11 is 16.1. The molecule has 0 aliphatic heterocycles. The van der Waals surface area contributed by atoms with Crippen LogP contribution in [0.4, 0.5) is 0 Å². The summed E-state index contributed by atoms with van der Waals surface area (Å²) in [5, 5.41) is 0. The number of aromatic nitrogens is 2. The van der Waals surface area contributed by atoms with Crippen molar-refractivity contribution in [3.8, 4) is 5.69 Å². The van der Waals surface area contributed by atoms with Crippen LogP contribution in [0.2, 0.25) is 0 Å². The first-order valence-corrected chi connectivity index (χ1v) is 8.21. The summed E-state index contributed by atoms with van der Waals surface area (Å²) in [5.41, 5.74) is 3.05. The number of H-pyrrole nitrogens is 1. The lowest BCUT2D eigenvalue weighted by molar-refractivity contribution is 1.05. The summed E-state index contributed by atoms with van der Waals surface area (Å²) in [6.45, 7) is 0. The summed E-state index contributed by atoms with van der Waals surface area (Å²) in [4.78, 5) is 3.23. The second kappa shape index (κ2) is 5.16. The van der Waals surface area contributed by atoms with Crippen LogP contribution in [0.1, 0.15) is 0 Å². The lowest BCUT2D eigenvalue weighted by Crippen LogP contribution is -1.96. The monoisotopic (exact) mass is 460 g/mol. The van der Waals surface area contributed by atoms with Crippen molar-refractivity contribution >= 4 is 71.0 Å². The standard InChI is InChI=1S/C13H7Br3N2S/c14-7-4-5-11-10(6-7)17-13(19)18(11)12-8(15)2-1-3-9(12)16/h1-6H,(H,17,19). The molecule has 0 unspecified atom stereocenters. The average molecular weight is 463 g/mol. The summed E-state index contributed by atoms with van der Waals surface area (Å²) < 4.78 is 5.68. The van der Waals surface area contributed by atoms with Crippen molar-refractivity contribution in [2.75, 3.05) is 0 Å². The Hall–Kier alpha value is -0.430. The molecule has 0 aliphatic rings. The molecule has 3 aromatic rings. The van der Waals surface area contributed by atoms with Gasteiger partial charge < -0.3 is 4.98 Å². The average Bonchev–Trinajstić information content (AvgIpc) is 2.65. The number of hydrogen-bond acceptors (Lipinski definition) is 1. The number of nitrogens with one attached hydrogen (secondary N) is 1. The van der Waals surface area contributed by atoms with E-state index in [1.54, 1.807) is 0 Å². The zero-order chi connectivity index (χ0) is 13.6. The third kappa shape index (κ3) is 2.35. The topological polar surface area (TPSA) is 20.7 Å². The van der Waals surface area contributed by atoms with Crippen molar-refractivity contribution in [3.63, 3.8) is 0 Å². The normalized spacial score (nSPS) is 11.1. The maximum Gasteiger partial charge on any atom is 0.182 e. The van der Waals surface area contributed by atoms with Crippen LogP contribution in [0.15, 0.2) is 49.8 Å². The summed E-state index contributed by atoms with van der Waals surface area (Å²) in [6.07, 6.45) is 0. The highest BCUT2D eigenvalue weighted by Crippen LogP contribution is 2.32. The molecule has 0 amide bonds. The fraction of sp³-hybridized carbons (Fsp3) is 0. The lowest BCUT2D eigenvalue weighted by Gasteiger charge is -2.09. The number of rotatable bonds is 1. The number of benzene rings is 2. The van der Waals surface area contributed by atoms with Crippen LogP contribution in [0.25, 0.3) is 16.7 Å². The minimum Gasteiger partial charge on any atom is -0.330 e. The van der Waals surface area contributed by atoms with Gasteiger partial charge in [-0.25, -0.2) is 0 Å². The second-order valence-corrected chi connectivity index (χ2v) is 7.01. The molecule has 1 aromatic heterocycles. The molecule has 0 saturated heterocycles. The van der Waals surface area contributed by atoms with Crippen LogP contribution in [-0.4, -0.2) is 9.55 Å². The minimum atomic E-state index is 0.667. The van der Waals surface area contributed by atoms with Crippen LogP contribution in [0, 0.1) is 4.77 Å². The van der Waals surface area contributed by atoms with E-state index < -0.39 is 0 Å². The van der Waals surface area contributed by atoms with Gasteiger partial charge in [-0.15, -0.1) is 0 Å². The summed E-state index contributed by atoms with van der Waals surface area (Å²) in [7, 11) is 0. The molecule has 1 heterocycles. The van der Waals surface area contributed by atoms with Gasteiger partial charge in [0.05, 0.1) is 16.7 Å². The van der Waals surface area contributed by atoms with Crippen molar-refractivity contribution < 1.29 is 0 Å². The molecule has 0 fully saturated rings. The van der Waals surface area contributed by atoms with E-state index in [1.165, 1.54) is 0 Å². The molecular formula is C13H7Br3N2S. The highest BCUT2D eigenvalue weighted by Gasteiger charge is 2.12. The Morgan fingerprint density at radius 3 is 2.37 bits per heavy atom. The van der Waals surface area contributed by atoms with E-state index in [0.717, 1.165) is 30.1 Å². The van der Waals surface area contributed by atoms with Crippen LogP contribution >= 0.6 is 60.0 Å². The van der Waals surface area contributed by atoms with Crippen LogP contribution < -0.4 is 0 Å². The number of aromatic amines is 1. The number of para-hydroxylation sites is 1. The number of hydrogen-bond donors (Lipinski definition) is 1. The van der Waals surface area contributed by atoms with E-state index in [9.17, 15) is 0 Å². The van der Waals surface area contributed by atoms with Gasteiger partial charge in [-0.1, -0.05) is 22.0 Å². The fourth-order valence-corrected chi connectivity index (χ4v) is 4.02. The molecule has 2 aromatic carbocycles. The van der Waals surface area contributed by atoms with Crippen LogP contribution in [0.5, 0.6) is 0 Å².